The van der Waals surface area contributed by atoms with Crippen LogP contribution in [0.1, 0.15) is 50.5 Å². The Morgan fingerprint density at radius 1 is 1.28 bits per heavy atom. The molecule has 0 saturated heterocycles. The summed E-state index contributed by atoms with van der Waals surface area (Å²) >= 11 is 0. The summed E-state index contributed by atoms with van der Waals surface area (Å²) in [6.45, 7) is 5.52. The minimum atomic E-state index is 0.615. The van der Waals surface area contributed by atoms with E-state index in [0.717, 1.165) is 43.6 Å². The minimum absolute atomic E-state index is 0.615. The van der Waals surface area contributed by atoms with Crippen molar-refractivity contribution >= 4 is 0 Å². The first-order valence-electron chi connectivity index (χ1n) is 7.24. The van der Waals surface area contributed by atoms with Gasteiger partial charge in [0.15, 0.2) is 0 Å². The molecule has 1 aromatic heterocycles. The standard InChI is InChI=1S/C15H25NO2/c1-2-9-16-10-14-7-8-15(18-14)12-17-11-13-5-3-4-6-13/h7-8,13,16H,2-6,9-12H2,1H3. The third-order valence-corrected chi connectivity index (χ3v) is 3.52. The van der Waals surface area contributed by atoms with Gasteiger partial charge in [-0.15, -0.1) is 0 Å². The van der Waals surface area contributed by atoms with E-state index in [1.807, 2.05) is 12.1 Å². The second kappa shape index (κ2) is 7.59. The molecule has 3 heteroatoms. The Balaban J connectivity index is 1.63. The zero-order valence-corrected chi connectivity index (χ0v) is 11.4. The van der Waals surface area contributed by atoms with Crippen LogP contribution in [0.25, 0.3) is 0 Å². The van der Waals surface area contributed by atoms with Gasteiger partial charge in [-0.25, -0.2) is 0 Å². The van der Waals surface area contributed by atoms with Crippen molar-refractivity contribution in [3.05, 3.63) is 23.7 Å². The van der Waals surface area contributed by atoms with Crippen molar-refractivity contribution in [2.75, 3.05) is 13.2 Å². The van der Waals surface area contributed by atoms with Gasteiger partial charge in [-0.1, -0.05) is 19.8 Å². The fraction of sp³-hybridized carbons (Fsp3) is 0.733. The summed E-state index contributed by atoms with van der Waals surface area (Å²) in [5, 5.41) is 3.33. The van der Waals surface area contributed by atoms with Crippen molar-refractivity contribution < 1.29 is 9.15 Å². The molecule has 18 heavy (non-hydrogen) atoms. The van der Waals surface area contributed by atoms with Crippen LogP contribution < -0.4 is 5.32 Å². The molecule has 1 fully saturated rings. The lowest BCUT2D eigenvalue weighted by Gasteiger charge is -2.08. The smallest absolute Gasteiger partial charge is 0.129 e. The molecule has 0 atom stereocenters. The topological polar surface area (TPSA) is 34.4 Å². The third kappa shape index (κ3) is 4.46. The van der Waals surface area contributed by atoms with E-state index in [0.29, 0.717) is 6.61 Å². The summed E-state index contributed by atoms with van der Waals surface area (Å²) in [4.78, 5) is 0. The zero-order chi connectivity index (χ0) is 12.6. The van der Waals surface area contributed by atoms with Crippen molar-refractivity contribution in [1.82, 2.24) is 5.32 Å². The van der Waals surface area contributed by atoms with Gasteiger partial charge in [-0.3, -0.25) is 0 Å². The molecule has 0 aliphatic heterocycles. The molecule has 1 aliphatic carbocycles. The van der Waals surface area contributed by atoms with Gasteiger partial charge in [0.2, 0.25) is 0 Å². The van der Waals surface area contributed by atoms with Crippen molar-refractivity contribution in [3.63, 3.8) is 0 Å². The van der Waals surface area contributed by atoms with Crippen LogP contribution in [0.5, 0.6) is 0 Å². The molecule has 1 aromatic rings. The lowest BCUT2D eigenvalue weighted by molar-refractivity contribution is 0.0764. The maximum absolute atomic E-state index is 5.73. The average molecular weight is 251 g/mol. The quantitative estimate of drug-likeness (QED) is 0.718. The monoisotopic (exact) mass is 251 g/mol. The number of hydrogen-bond acceptors (Lipinski definition) is 3. The van der Waals surface area contributed by atoms with Crippen LogP contribution >= 0.6 is 0 Å². The van der Waals surface area contributed by atoms with E-state index in [-0.39, 0.29) is 0 Å². The summed E-state index contributed by atoms with van der Waals surface area (Å²) in [5.74, 6) is 2.73. The fourth-order valence-corrected chi connectivity index (χ4v) is 2.49. The number of furan rings is 1. The lowest BCUT2D eigenvalue weighted by atomic mass is 10.1. The van der Waals surface area contributed by atoms with Crippen LogP contribution in [0.15, 0.2) is 16.5 Å². The maximum atomic E-state index is 5.73. The lowest BCUT2D eigenvalue weighted by Crippen LogP contribution is -2.13. The van der Waals surface area contributed by atoms with E-state index in [2.05, 4.69) is 12.2 Å². The normalized spacial score (nSPS) is 16.5. The van der Waals surface area contributed by atoms with E-state index in [1.54, 1.807) is 0 Å². The van der Waals surface area contributed by atoms with Crippen LogP contribution in [-0.2, 0) is 17.9 Å². The Labute approximate surface area is 110 Å². The Morgan fingerprint density at radius 3 is 2.83 bits per heavy atom. The summed E-state index contributed by atoms with van der Waals surface area (Å²) < 4.78 is 11.4. The Bertz CT molecular complexity index is 329. The van der Waals surface area contributed by atoms with Crippen molar-refractivity contribution in [2.45, 2.75) is 52.2 Å². The molecule has 1 heterocycles. The number of hydrogen-bond donors (Lipinski definition) is 1. The van der Waals surface area contributed by atoms with Gasteiger partial charge in [0.1, 0.15) is 18.1 Å². The first kappa shape index (κ1) is 13.6. The summed E-state index contributed by atoms with van der Waals surface area (Å²) in [7, 11) is 0. The van der Waals surface area contributed by atoms with Crippen molar-refractivity contribution in [2.24, 2.45) is 5.92 Å². The average Bonchev–Trinajstić information content (AvgIpc) is 3.01. The molecule has 2 rings (SSSR count). The van der Waals surface area contributed by atoms with Gasteiger partial charge in [-0.2, -0.15) is 0 Å². The van der Waals surface area contributed by atoms with Crippen LogP contribution in [0.3, 0.4) is 0 Å². The minimum Gasteiger partial charge on any atom is -0.462 e. The summed E-state index contributed by atoms with van der Waals surface area (Å²) in [5.41, 5.74) is 0. The SMILES string of the molecule is CCCNCc1ccc(COCC2CCCC2)o1. The molecule has 1 aliphatic rings. The van der Waals surface area contributed by atoms with Gasteiger partial charge in [-0.05, 0) is 43.9 Å². The highest BCUT2D eigenvalue weighted by atomic mass is 16.5. The molecule has 0 aromatic carbocycles. The molecular weight excluding hydrogens is 226 g/mol. The zero-order valence-electron chi connectivity index (χ0n) is 11.4. The molecule has 1 N–H and O–H groups in total. The predicted molar refractivity (Wildman–Crippen MR) is 72.3 cm³/mol. The number of nitrogens with one attached hydrogen (secondary N) is 1. The highest BCUT2D eigenvalue weighted by Gasteiger charge is 2.15. The molecular formula is C15H25NO2. The second-order valence-corrected chi connectivity index (χ2v) is 5.21. The van der Waals surface area contributed by atoms with Crippen LogP contribution in [0.2, 0.25) is 0 Å². The Morgan fingerprint density at radius 2 is 2.06 bits per heavy atom. The van der Waals surface area contributed by atoms with Crippen molar-refractivity contribution in [1.29, 1.82) is 0 Å². The molecule has 0 amide bonds. The molecule has 1 saturated carbocycles. The first-order chi connectivity index (χ1) is 8.88. The molecule has 3 nitrogen and oxygen atoms in total. The highest BCUT2D eigenvalue weighted by molar-refractivity contribution is 5.06. The van der Waals surface area contributed by atoms with Gasteiger partial charge in [0.25, 0.3) is 0 Å². The van der Waals surface area contributed by atoms with Gasteiger partial charge >= 0.3 is 0 Å². The molecule has 0 radical (unpaired) electrons. The van der Waals surface area contributed by atoms with E-state index >= 15 is 0 Å². The molecule has 0 spiro atoms. The van der Waals surface area contributed by atoms with Crippen molar-refractivity contribution in [3.8, 4) is 0 Å². The van der Waals surface area contributed by atoms with Gasteiger partial charge in [0, 0.05) is 6.61 Å². The van der Waals surface area contributed by atoms with Gasteiger partial charge < -0.3 is 14.5 Å². The molecule has 0 unspecified atom stereocenters. The molecule has 102 valence electrons. The van der Waals surface area contributed by atoms with E-state index in [1.165, 1.54) is 25.7 Å². The van der Waals surface area contributed by atoms with Gasteiger partial charge in [0.05, 0.1) is 6.54 Å². The first-order valence-corrected chi connectivity index (χ1v) is 7.24. The van der Waals surface area contributed by atoms with E-state index < -0.39 is 0 Å². The number of rotatable bonds is 8. The second-order valence-electron chi connectivity index (χ2n) is 5.21. The van der Waals surface area contributed by atoms with E-state index in [4.69, 9.17) is 9.15 Å². The Hall–Kier alpha value is -0.800. The Kier molecular flexibility index (Phi) is 5.75. The largest absolute Gasteiger partial charge is 0.462 e. The third-order valence-electron chi connectivity index (χ3n) is 3.52. The summed E-state index contributed by atoms with van der Waals surface area (Å²) in [6.07, 6.45) is 6.58. The van der Waals surface area contributed by atoms with Crippen LogP contribution in [0.4, 0.5) is 0 Å². The van der Waals surface area contributed by atoms with Crippen LogP contribution in [0, 0.1) is 5.92 Å². The van der Waals surface area contributed by atoms with Crippen LogP contribution in [-0.4, -0.2) is 13.2 Å². The maximum Gasteiger partial charge on any atom is 0.129 e. The fourth-order valence-electron chi connectivity index (χ4n) is 2.49. The predicted octanol–water partition coefficient (Wildman–Crippen LogP) is 3.49. The molecule has 0 bridgehead atoms. The highest BCUT2D eigenvalue weighted by Crippen LogP contribution is 2.25. The van der Waals surface area contributed by atoms with E-state index in [9.17, 15) is 0 Å². The number of ether oxygens (including phenoxy) is 1. The summed E-state index contributed by atoms with van der Waals surface area (Å²) in [6, 6.07) is 4.06.